The number of rotatable bonds is 6. The van der Waals surface area contributed by atoms with Gasteiger partial charge in [-0.3, -0.25) is 4.79 Å². The van der Waals surface area contributed by atoms with E-state index in [9.17, 15) is 19.8 Å². The van der Waals surface area contributed by atoms with Crippen molar-refractivity contribution in [2.24, 2.45) is 5.73 Å². The third-order valence-corrected chi connectivity index (χ3v) is 2.94. The molecule has 1 aliphatic heterocycles. The number of carbonyl (C=O) groups is 2. The zero-order valence-corrected chi connectivity index (χ0v) is 10.8. The van der Waals surface area contributed by atoms with Crippen LogP contribution in [0.15, 0.2) is 11.8 Å². The molecule has 1 aliphatic rings. The van der Waals surface area contributed by atoms with E-state index < -0.39 is 43.0 Å². The molecule has 6 N–H and O–H groups in total. The Labute approximate surface area is 115 Å². The molecule has 9 nitrogen and oxygen atoms in total. The number of esters is 1. The first-order valence-corrected chi connectivity index (χ1v) is 5.85. The predicted molar refractivity (Wildman–Crippen MR) is 65.0 cm³/mol. The summed E-state index contributed by atoms with van der Waals surface area (Å²) in [6.45, 7) is -0.721. The van der Waals surface area contributed by atoms with Gasteiger partial charge in [-0.25, -0.2) is 4.79 Å². The van der Waals surface area contributed by atoms with Gasteiger partial charge in [-0.15, -0.1) is 0 Å². The molecule has 0 aromatic rings. The number of ether oxygens (including phenoxy) is 2. The number of hydrogen-bond donors (Lipinski definition) is 5. The van der Waals surface area contributed by atoms with Gasteiger partial charge in [-0.05, 0) is 6.08 Å². The van der Waals surface area contributed by atoms with E-state index >= 15 is 0 Å². The highest BCUT2D eigenvalue weighted by Crippen LogP contribution is 2.22. The number of aliphatic hydroxyl groups excluding tert-OH is 3. The van der Waals surface area contributed by atoms with Crippen molar-refractivity contribution in [2.75, 3.05) is 13.7 Å². The average molecular weight is 290 g/mol. The zero-order chi connectivity index (χ0) is 15.3. The van der Waals surface area contributed by atoms with Gasteiger partial charge in [0.25, 0.3) is 0 Å². The van der Waals surface area contributed by atoms with Crippen molar-refractivity contribution in [1.29, 1.82) is 0 Å². The molecule has 0 bridgehead atoms. The minimum Gasteiger partial charge on any atom is -0.478 e. The summed E-state index contributed by atoms with van der Waals surface area (Å²) in [5, 5.41) is 30.6. The lowest BCUT2D eigenvalue weighted by molar-refractivity contribution is -0.148. The Morgan fingerprint density at radius 1 is 1.65 bits per heavy atom. The van der Waals surface area contributed by atoms with E-state index in [0.29, 0.717) is 6.41 Å². The fraction of sp³-hybridized carbons (Fsp3) is 0.636. The van der Waals surface area contributed by atoms with Crippen LogP contribution in [0.3, 0.4) is 0 Å². The van der Waals surface area contributed by atoms with Crippen LogP contribution in [-0.2, 0) is 19.1 Å². The Bertz CT molecular complexity index is 387. The van der Waals surface area contributed by atoms with Crippen LogP contribution in [0, 0.1) is 0 Å². The highest BCUT2D eigenvalue weighted by molar-refractivity contribution is 5.86. The third-order valence-electron chi connectivity index (χ3n) is 2.94. The number of amides is 1. The molecule has 1 heterocycles. The van der Waals surface area contributed by atoms with E-state index in [2.05, 4.69) is 10.1 Å². The fourth-order valence-electron chi connectivity index (χ4n) is 1.87. The molecule has 9 heteroatoms. The predicted octanol–water partition coefficient (Wildman–Crippen LogP) is -3.40. The van der Waals surface area contributed by atoms with Crippen LogP contribution in [0.5, 0.6) is 0 Å². The maximum absolute atomic E-state index is 11.4. The lowest BCUT2D eigenvalue weighted by atomic mass is 9.93. The smallest absolute Gasteiger partial charge is 0.373 e. The molecule has 0 radical (unpaired) electrons. The molecular formula is C11H18N2O7. The van der Waals surface area contributed by atoms with Gasteiger partial charge in [-0.2, -0.15) is 0 Å². The summed E-state index contributed by atoms with van der Waals surface area (Å²) in [6, 6.07) is -1.72. The van der Waals surface area contributed by atoms with Crippen LogP contribution < -0.4 is 11.1 Å². The Balaban J connectivity index is 3.01. The third kappa shape index (κ3) is 3.45. The molecule has 1 rings (SSSR count). The number of methoxy groups -OCH3 is 1. The standard InChI is InChI=1S/C11H18N2O7/c1-19-11(18)7-2-5(12)8(13-4-15)10(20-7)9(17)6(16)3-14/h2,4-6,8-10,14,16-17H,3,12H2,1H3,(H,13,15)/t5-,6+,8+,9+,10+/m0/s1. The SMILES string of the molecule is COC(=O)C1=C[C@H](N)[C@@H](NC=O)[C@H]([C@H](O)[C@H](O)CO)O1. The van der Waals surface area contributed by atoms with E-state index in [1.807, 2.05) is 0 Å². The largest absolute Gasteiger partial charge is 0.478 e. The summed E-state index contributed by atoms with van der Waals surface area (Å²) in [5.74, 6) is -1.04. The van der Waals surface area contributed by atoms with E-state index in [4.69, 9.17) is 15.6 Å². The molecule has 0 aliphatic carbocycles. The molecule has 0 fully saturated rings. The first-order chi connectivity index (χ1) is 9.46. The van der Waals surface area contributed by atoms with Crippen molar-refractivity contribution >= 4 is 12.4 Å². The normalized spacial score (nSPS) is 28.6. The zero-order valence-electron chi connectivity index (χ0n) is 10.8. The lowest BCUT2D eigenvalue weighted by Gasteiger charge is -2.38. The number of aliphatic hydroxyl groups is 3. The van der Waals surface area contributed by atoms with Gasteiger partial charge in [0.2, 0.25) is 12.2 Å². The maximum Gasteiger partial charge on any atom is 0.373 e. The van der Waals surface area contributed by atoms with Crippen molar-refractivity contribution in [2.45, 2.75) is 30.4 Å². The van der Waals surface area contributed by atoms with Crippen molar-refractivity contribution in [1.82, 2.24) is 5.32 Å². The van der Waals surface area contributed by atoms with Crippen molar-refractivity contribution in [3.05, 3.63) is 11.8 Å². The lowest BCUT2D eigenvalue weighted by Crippen LogP contribution is -2.61. The Kier molecular flexibility index (Phi) is 5.89. The topological polar surface area (TPSA) is 151 Å². The second-order valence-electron chi connectivity index (χ2n) is 4.23. The molecule has 20 heavy (non-hydrogen) atoms. The first kappa shape index (κ1) is 16.4. The molecule has 0 unspecified atom stereocenters. The minimum atomic E-state index is -1.56. The Morgan fingerprint density at radius 3 is 2.80 bits per heavy atom. The van der Waals surface area contributed by atoms with Crippen LogP contribution in [0.2, 0.25) is 0 Å². The van der Waals surface area contributed by atoms with Crippen LogP contribution in [0.4, 0.5) is 0 Å². The molecule has 114 valence electrons. The van der Waals surface area contributed by atoms with Crippen LogP contribution in [0.1, 0.15) is 0 Å². The van der Waals surface area contributed by atoms with Crippen molar-refractivity contribution in [3.63, 3.8) is 0 Å². The van der Waals surface area contributed by atoms with E-state index in [0.717, 1.165) is 7.11 Å². The van der Waals surface area contributed by atoms with Gasteiger partial charge < -0.3 is 35.8 Å². The first-order valence-electron chi connectivity index (χ1n) is 5.85. The fourth-order valence-corrected chi connectivity index (χ4v) is 1.87. The Hall–Kier alpha value is -1.68. The number of carbonyl (C=O) groups excluding carboxylic acids is 2. The summed E-state index contributed by atoms with van der Waals surface area (Å²) in [5.41, 5.74) is 5.78. The summed E-state index contributed by atoms with van der Waals surface area (Å²) >= 11 is 0. The summed E-state index contributed by atoms with van der Waals surface area (Å²) in [6.07, 6.45) is -2.69. The van der Waals surface area contributed by atoms with Crippen LogP contribution in [-0.4, -0.2) is 71.8 Å². The van der Waals surface area contributed by atoms with Crippen LogP contribution in [0.25, 0.3) is 0 Å². The summed E-state index contributed by atoms with van der Waals surface area (Å²) in [7, 11) is 1.14. The maximum atomic E-state index is 11.4. The molecule has 5 atom stereocenters. The van der Waals surface area contributed by atoms with Crippen molar-refractivity contribution in [3.8, 4) is 0 Å². The summed E-state index contributed by atoms with van der Waals surface area (Å²) in [4.78, 5) is 22.0. The number of hydrogen-bond acceptors (Lipinski definition) is 8. The molecule has 0 aromatic heterocycles. The van der Waals surface area contributed by atoms with E-state index in [1.54, 1.807) is 0 Å². The molecule has 0 spiro atoms. The van der Waals surface area contributed by atoms with Gasteiger partial charge in [0.05, 0.1) is 25.8 Å². The number of nitrogens with one attached hydrogen (secondary N) is 1. The molecule has 0 aromatic carbocycles. The van der Waals surface area contributed by atoms with Crippen LogP contribution >= 0.6 is 0 Å². The second kappa shape index (κ2) is 7.20. The monoisotopic (exact) mass is 290 g/mol. The summed E-state index contributed by atoms with van der Waals surface area (Å²) < 4.78 is 9.70. The van der Waals surface area contributed by atoms with Gasteiger partial charge in [0.1, 0.15) is 18.3 Å². The highest BCUT2D eigenvalue weighted by atomic mass is 16.6. The quantitative estimate of drug-likeness (QED) is 0.251. The average Bonchev–Trinajstić information content (AvgIpc) is 2.46. The molecular weight excluding hydrogens is 272 g/mol. The Morgan fingerprint density at radius 2 is 2.30 bits per heavy atom. The van der Waals surface area contributed by atoms with Gasteiger partial charge in [0.15, 0.2) is 0 Å². The second-order valence-corrected chi connectivity index (χ2v) is 4.23. The van der Waals surface area contributed by atoms with Gasteiger partial charge in [0, 0.05) is 0 Å². The van der Waals surface area contributed by atoms with Crippen molar-refractivity contribution < 1.29 is 34.4 Å². The van der Waals surface area contributed by atoms with E-state index in [1.165, 1.54) is 6.08 Å². The molecule has 0 saturated heterocycles. The van der Waals surface area contributed by atoms with Gasteiger partial charge >= 0.3 is 5.97 Å². The molecule has 1 amide bonds. The molecule has 0 saturated carbocycles. The highest BCUT2D eigenvalue weighted by Gasteiger charge is 2.41. The van der Waals surface area contributed by atoms with E-state index in [-0.39, 0.29) is 5.76 Å². The minimum absolute atomic E-state index is 0.238. The number of nitrogens with two attached hydrogens (primary N) is 1. The van der Waals surface area contributed by atoms with Gasteiger partial charge in [-0.1, -0.05) is 0 Å².